The summed E-state index contributed by atoms with van der Waals surface area (Å²) in [4.78, 5) is 12.5. The second kappa shape index (κ2) is 9.42. The quantitative estimate of drug-likeness (QED) is 0.541. The van der Waals surface area contributed by atoms with Crippen LogP contribution >= 0.6 is 11.8 Å². The summed E-state index contributed by atoms with van der Waals surface area (Å²) < 4.78 is 29.5. The Bertz CT molecular complexity index is 964. The van der Waals surface area contributed by atoms with E-state index in [1.165, 1.54) is 31.4 Å². The van der Waals surface area contributed by atoms with Crippen molar-refractivity contribution < 1.29 is 23.1 Å². The van der Waals surface area contributed by atoms with Gasteiger partial charge in [0.05, 0.1) is 18.0 Å². The monoisotopic (exact) mass is 417 g/mol. The van der Waals surface area contributed by atoms with Crippen molar-refractivity contribution in [3.05, 3.63) is 60.2 Å². The van der Waals surface area contributed by atoms with E-state index < -0.39 is 11.4 Å². The molecule has 1 N–H and O–H groups in total. The summed E-state index contributed by atoms with van der Waals surface area (Å²) in [5.74, 6) is 0.742. The van der Waals surface area contributed by atoms with E-state index in [0.717, 1.165) is 11.8 Å². The maximum absolute atomic E-state index is 13.0. The van der Waals surface area contributed by atoms with E-state index in [9.17, 15) is 9.18 Å². The highest BCUT2D eigenvalue weighted by Gasteiger charge is 2.21. The molecule has 0 aliphatic heterocycles. The number of amides is 1. The Balaban J connectivity index is 1.58. The number of thioether (sulfide) groups is 1. The van der Waals surface area contributed by atoms with Crippen molar-refractivity contribution in [3.8, 4) is 11.5 Å². The van der Waals surface area contributed by atoms with Crippen LogP contribution in [0.15, 0.2) is 58.2 Å². The van der Waals surface area contributed by atoms with Crippen molar-refractivity contribution in [3.63, 3.8) is 0 Å². The smallest absolute Gasteiger partial charge is 0.277 e. The highest BCUT2D eigenvalue weighted by Crippen LogP contribution is 2.28. The minimum Gasteiger partial charge on any atom is -0.495 e. The number of benzene rings is 2. The van der Waals surface area contributed by atoms with Gasteiger partial charge in [-0.15, -0.1) is 10.2 Å². The van der Waals surface area contributed by atoms with Gasteiger partial charge in [0, 0.05) is 0 Å². The fourth-order valence-electron chi connectivity index (χ4n) is 2.39. The average molecular weight is 417 g/mol. The molecule has 1 aromatic heterocycles. The predicted octanol–water partition coefficient (Wildman–Crippen LogP) is 4.48. The van der Waals surface area contributed by atoms with Crippen molar-refractivity contribution >= 4 is 23.4 Å². The minimum absolute atomic E-state index is 0.227. The molecule has 3 rings (SSSR count). The van der Waals surface area contributed by atoms with Crippen molar-refractivity contribution in [1.29, 1.82) is 0 Å². The predicted molar refractivity (Wildman–Crippen MR) is 107 cm³/mol. The van der Waals surface area contributed by atoms with Gasteiger partial charge >= 0.3 is 0 Å². The van der Waals surface area contributed by atoms with E-state index in [-0.39, 0.29) is 22.8 Å². The zero-order valence-electron chi connectivity index (χ0n) is 16.1. The molecule has 152 valence electrons. The van der Waals surface area contributed by atoms with Crippen molar-refractivity contribution in [2.24, 2.45) is 0 Å². The number of hydrogen-bond donors (Lipinski definition) is 1. The first-order valence-electron chi connectivity index (χ1n) is 8.82. The molecule has 0 spiro atoms. The molecule has 0 aliphatic rings. The summed E-state index contributed by atoms with van der Waals surface area (Å²) >= 11 is 1.13. The van der Waals surface area contributed by atoms with E-state index in [0.29, 0.717) is 17.2 Å². The lowest BCUT2D eigenvalue weighted by atomic mass is 10.3. The Morgan fingerprint density at radius 2 is 1.86 bits per heavy atom. The highest BCUT2D eigenvalue weighted by molar-refractivity contribution is 8.00. The molecule has 0 unspecified atom stereocenters. The van der Waals surface area contributed by atoms with Crippen LogP contribution in [-0.2, 0) is 4.79 Å². The van der Waals surface area contributed by atoms with Crippen molar-refractivity contribution in [2.75, 3.05) is 12.4 Å². The largest absolute Gasteiger partial charge is 0.495 e. The van der Waals surface area contributed by atoms with Crippen LogP contribution in [0.3, 0.4) is 0 Å². The van der Waals surface area contributed by atoms with Crippen LogP contribution in [0.4, 0.5) is 10.1 Å². The van der Waals surface area contributed by atoms with Crippen LogP contribution in [0.2, 0.25) is 0 Å². The molecule has 1 amide bonds. The molecule has 9 heteroatoms. The van der Waals surface area contributed by atoms with Crippen molar-refractivity contribution in [1.82, 2.24) is 10.2 Å². The Kier molecular flexibility index (Phi) is 6.71. The first-order valence-corrected chi connectivity index (χ1v) is 9.70. The van der Waals surface area contributed by atoms with Gasteiger partial charge in [-0.3, -0.25) is 4.79 Å². The Morgan fingerprint density at radius 3 is 2.59 bits per heavy atom. The molecule has 7 nitrogen and oxygen atoms in total. The van der Waals surface area contributed by atoms with E-state index >= 15 is 0 Å². The Hall–Kier alpha value is -3.07. The fraction of sp³-hybridized carbons (Fsp3) is 0.250. The molecule has 0 bridgehead atoms. The number of anilines is 1. The molecule has 0 aliphatic carbocycles. The van der Waals surface area contributed by atoms with E-state index in [1.807, 2.05) is 12.1 Å². The van der Waals surface area contributed by atoms with E-state index in [4.69, 9.17) is 13.9 Å². The van der Waals surface area contributed by atoms with Gasteiger partial charge in [0.25, 0.3) is 11.1 Å². The fourth-order valence-corrected chi connectivity index (χ4v) is 3.08. The molecule has 0 saturated heterocycles. The molecule has 0 fully saturated rings. The zero-order chi connectivity index (χ0) is 20.8. The Morgan fingerprint density at radius 1 is 1.14 bits per heavy atom. The summed E-state index contributed by atoms with van der Waals surface area (Å²) in [6, 6.07) is 12.8. The van der Waals surface area contributed by atoms with Crippen LogP contribution < -0.4 is 14.8 Å². The summed E-state index contributed by atoms with van der Waals surface area (Å²) in [7, 11) is 1.54. The molecule has 0 saturated carbocycles. The number of nitrogens with zero attached hydrogens (tertiary/aromatic N) is 2. The number of ether oxygens (including phenoxy) is 2. The van der Waals surface area contributed by atoms with Crippen LogP contribution in [0.25, 0.3) is 0 Å². The number of nitrogens with one attached hydrogen (secondary N) is 1. The van der Waals surface area contributed by atoms with Crippen LogP contribution in [0.1, 0.15) is 25.8 Å². The number of carbonyl (C=O) groups is 1. The number of carbonyl (C=O) groups excluding carboxylic acids is 1. The average Bonchev–Trinajstić information content (AvgIpc) is 3.18. The maximum Gasteiger partial charge on any atom is 0.277 e. The summed E-state index contributed by atoms with van der Waals surface area (Å²) in [5, 5.41) is 10.5. The van der Waals surface area contributed by atoms with Gasteiger partial charge in [0.2, 0.25) is 5.91 Å². The van der Waals surface area contributed by atoms with E-state index in [1.54, 1.807) is 26.0 Å². The third-order valence-corrected chi connectivity index (χ3v) is 4.84. The maximum atomic E-state index is 13.0. The van der Waals surface area contributed by atoms with Gasteiger partial charge in [-0.05, 0) is 50.2 Å². The Labute approximate surface area is 171 Å². The van der Waals surface area contributed by atoms with Gasteiger partial charge in [-0.25, -0.2) is 4.39 Å². The standard InChI is InChI=1S/C20H20FN3O4S/c1-12(27-15-10-8-14(21)9-11-15)19-23-24-20(28-19)29-13(2)18(25)22-16-6-4-5-7-17(16)26-3/h4-13H,1-3H3,(H,22,25)/t12-,13-/m0/s1. The highest BCUT2D eigenvalue weighted by atomic mass is 32.2. The topological polar surface area (TPSA) is 86.5 Å². The second-order valence-corrected chi connectivity index (χ2v) is 7.36. The van der Waals surface area contributed by atoms with Gasteiger partial charge in [0.15, 0.2) is 6.10 Å². The number of aromatic nitrogens is 2. The number of methoxy groups -OCH3 is 1. The van der Waals surface area contributed by atoms with Crippen LogP contribution in [0.5, 0.6) is 11.5 Å². The molecule has 1 heterocycles. The normalized spacial score (nSPS) is 12.8. The number of halogens is 1. The SMILES string of the molecule is COc1ccccc1NC(=O)[C@H](C)Sc1nnc([C@H](C)Oc2ccc(F)cc2)o1. The second-order valence-electron chi connectivity index (χ2n) is 6.07. The molecule has 2 atom stereocenters. The van der Waals surface area contributed by atoms with Crippen LogP contribution in [0, 0.1) is 5.82 Å². The minimum atomic E-state index is -0.528. The lowest BCUT2D eigenvalue weighted by Crippen LogP contribution is -2.22. The third-order valence-electron chi connectivity index (χ3n) is 3.91. The van der Waals surface area contributed by atoms with Gasteiger partial charge < -0.3 is 19.2 Å². The summed E-state index contributed by atoms with van der Waals surface area (Å²) in [6.45, 7) is 3.47. The van der Waals surface area contributed by atoms with Gasteiger partial charge in [-0.2, -0.15) is 0 Å². The van der Waals surface area contributed by atoms with Crippen LogP contribution in [-0.4, -0.2) is 28.5 Å². The molecule has 2 aromatic carbocycles. The molecule has 3 aromatic rings. The van der Waals surface area contributed by atoms with Crippen molar-refractivity contribution in [2.45, 2.75) is 30.4 Å². The number of rotatable bonds is 8. The summed E-state index contributed by atoms with van der Waals surface area (Å²) in [6.07, 6.45) is -0.528. The molecular formula is C20H20FN3O4S. The number of para-hydroxylation sites is 2. The third kappa shape index (κ3) is 5.47. The summed E-state index contributed by atoms with van der Waals surface area (Å²) in [5.41, 5.74) is 0.583. The van der Waals surface area contributed by atoms with Gasteiger partial charge in [0.1, 0.15) is 17.3 Å². The molecule has 29 heavy (non-hydrogen) atoms. The number of hydrogen-bond acceptors (Lipinski definition) is 7. The first-order chi connectivity index (χ1) is 14.0. The van der Waals surface area contributed by atoms with Gasteiger partial charge in [-0.1, -0.05) is 23.9 Å². The lowest BCUT2D eigenvalue weighted by molar-refractivity contribution is -0.115. The lowest BCUT2D eigenvalue weighted by Gasteiger charge is -2.12. The first kappa shape index (κ1) is 20.7. The molecule has 0 radical (unpaired) electrons. The molecular weight excluding hydrogens is 397 g/mol. The van der Waals surface area contributed by atoms with E-state index in [2.05, 4.69) is 15.5 Å². The zero-order valence-corrected chi connectivity index (χ0v) is 16.9.